The van der Waals surface area contributed by atoms with E-state index in [2.05, 4.69) is 19.1 Å². The van der Waals surface area contributed by atoms with Gasteiger partial charge in [0.2, 0.25) is 0 Å². The smallest absolute Gasteiger partial charge is 0.176 e. The van der Waals surface area contributed by atoms with Crippen LogP contribution in [-0.2, 0) is 30.3 Å². The number of ether oxygens (including phenoxy) is 6. The molecule has 0 saturated carbocycles. The lowest BCUT2D eigenvalue weighted by Crippen LogP contribution is -2.53. The predicted molar refractivity (Wildman–Crippen MR) is 116 cm³/mol. The average molecular weight is 447 g/mol. The van der Waals surface area contributed by atoms with E-state index in [-0.39, 0.29) is 36.9 Å². The van der Waals surface area contributed by atoms with Crippen LogP contribution >= 0.6 is 0 Å². The van der Waals surface area contributed by atoms with Gasteiger partial charge in [0.25, 0.3) is 0 Å². The summed E-state index contributed by atoms with van der Waals surface area (Å²) in [7, 11) is 1.66. The Labute approximate surface area is 189 Å². The quantitative estimate of drug-likeness (QED) is 0.672. The number of hydrogen-bond acceptors (Lipinski definition) is 7. The second kappa shape index (κ2) is 9.05. The summed E-state index contributed by atoms with van der Waals surface area (Å²) in [4.78, 5) is 0. The Kier molecular flexibility index (Phi) is 6.31. The third kappa shape index (κ3) is 4.34. The first kappa shape index (κ1) is 22.3. The molecule has 7 atom stereocenters. The maximum absolute atomic E-state index is 9.47. The minimum atomic E-state index is -0.667. The number of aliphatic hydroxyl groups excluding tert-OH is 1. The molecule has 0 radical (unpaired) electrons. The normalized spacial score (nSPS) is 40.8. The van der Waals surface area contributed by atoms with Crippen LogP contribution in [0.2, 0.25) is 0 Å². The first-order valence-corrected chi connectivity index (χ1v) is 11.7. The van der Waals surface area contributed by atoms with Gasteiger partial charge in [0.15, 0.2) is 11.6 Å². The Hall–Kier alpha value is -1.48. The Balaban J connectivity index is 1.17. The van der Waals surface area contributed by atoms with Gasteiger partial charge in [0.1, 0.15) is 11.9 Å². The van der Waals surface area contributed by atoms with Gasteiger partial charge in [0.05, 0.1) is 45.2 Å². The molecule has 2 spiro atoms. The largest absolute Gasteiger partial charge is 0.497 e. The zero-order valence-electron chi connectivity index (χ0n) is 18.9. The second-order valence-electron chi connectivity index (χ2n) is 9.48. The lowest BCUT2D eigenvalue weighted by atomic mass is 9.86. The van der Waals surface area contributed by atoms with Gasteiger partial charge in [-0.2, -0.15) is 0 Å². The standard InChI is InChI=1S/C25H34O7/c1-17-12-22-23(13-21(14-26)29-22)31-25(17)11-10-24(32-25)9-3-4-20(30-24)16-28-15-18-5-7-19(27-2)8-6-18/h3-8,17,20-23,26H,9-16H2,1-2H3/t17-,20+,21+,22-,23-,24+,25-/m1/s1. The highest BCUT2D eigenvalue weighted by Gasteiger charge is 2.59. The molecule has 0 bridgehead atoms. The third-order valence-corrected chi connectivity index (χ3v) is 7.24. The molecule has 3 fully saturated rings. The number of benzene rings is 1. The lowest BCUT2D eigenvalue weighted by molar-refractivity contribution is -0.369. The van der Waals surface area contributed by atoms with Crippen LogP contribution in [0.3, 0.4) is 0 Å². The number of rotatable bonds is 6. The average Bonchev–Trinajstić information content (AvgIpc) is 3.36. The van der Waals surface area contributed by atoms with Crippen LogP contribution in [-0.4, -0.2) is 61.4 Å². The zero-order chi connectivity index (χ0) is 22.2. The van der Waals surface area contributed by atoms with Gasteiger partial charge in [0, 0.05) is 31.6 Å². The first-order chi connectivity index (χ1) is 15.5. The summed E-state index contributed by atoms with van der Waals surface area (Å²) < 4.78 is 36.7. The maximum Gasteiger partial charge on any atom is 0.176 e. The molecule has 32 heavy (non-hydrogen) atoms. The molecule has 7 nitrogen and oxygen atoms in total. The molecular weight excluding hydrogens is 412 g/mol. The van der Waals surface area contributed by atoms with E-state index in [1.807, 2.05) is 24.3 Å². The number of fused-ring (bicyclic) bond motifs is 1. The monoisotopic (exact) mass is 446 g/mol. The highest BCUT2D eigenvalue weighted by Crippen LogP contribution is 2.52. The maximum atomic E-state index is 9.47. The molecule has 5 rings (SSSR count). The molecule has 1 aromatic rings. The Bertz CT molecular complexity index is 811. The number of hydrogen-bond donors (Lipinski definition) is 1. The predicted octanol–water partition coefficient (Wildman–Crippen LogP) is 3.33. The van der Waals surface area contributed by atoms with Crippen molar-refractivity contribution in [2.45, 2.75) is 81.6 Å². The molecule has 4 aliphatic heterocycles. The fourth-order valence-electron chi connectivity index (χ4n) is 5.46. The summed E-state index contributed by atoms with van der Waals surface area (Å²) in [6.07, 6.45) is 7.82. The van der Waals surface area contributed by atoms with E-state index >= 15 is 0 Å². The van der Waals surface area contributed by atoms with Crippen LogP contribution in [0.5, 0.6) is 5.75 Å². The summed E-state index contributed by atoms with van der Waals surface area (Å²) in [5.41, 5.74) is 1.09. The topological polar surface area (TPSA) is 75.6 Å². The van der Waals surface area contributed by atoms with Crippen LogP contribution in [0, 0.1) is 5.92 Å². The van der Waals surface area contributed by atoms with E-state index in [0.29, 0.717) is 26.1 Å². The SMILES string of the molecule is COc1ccc(COC[C@@H]2C=CC[C@]3(CC[C@@]4(O[C@@H]5C[C@@H](CO)O[C@@H]5C[C@H]4C)O3)O2)cc1. The van der Waals surface area contributed by atoms with Crippen molar-refractivity contribution in [3.8, 4) is 5.75 Å². The van der Waals surface area contributed by atoms with E-state index in [4.69, 9.17) is 28.4 Å². The molecule has 0 aromatic heterocycles. The van der Waals surface area contributed by atoms with E-state index in [1.165, 1.54) is 0 Å². The van der Waals surface area contributed by atoms with Gasteiger partial charge < -0.3 is 33.5 Å². The van der Waals surface area contributed by atoms with E-state index in [1.54, 1.807) is 7.11 Å². The highest BCUT2D eigenvalue weighted by molar-refractivity contribution is 5.26. The van der Waals surface area contributed by atoms with Crippen molar-refractivity contribution in [3.63, 3.8) is 0 Å². The summed E-state index contributed by atoms with van der Waals surface area (Å²) in [5.74, 6) is -0.281. The van der Waals surface area contributed by atoms with Crippen molar-refractivity contribution >= 4 is 0 Å². The molecule has 1 N–H and O–H groups in total. The summed E-state index contributed by atoms with van der Waals surface area (Å²) in [6.45, 7) is 3.19. The van der Waals surface area contributed by atoms with Crippen LogP contribution in [0.1, 0.15) is 44.6 Å². The van der Waals surface area contributed by atoms with E-state index < -0.39 is 11.6 Å². The molecule has 4 heterocycles. The Morgan fingerprint density at radius 3 is 2.72 bits per heavy atom. The van der Waals surface area contributed by atoms with Crippen molar-refractivity contribution in [1.82, 2.24) is 0 Å². The van der Waals surface area contributed by atoms with Gasteiger partial charge in [-0.3, -0.25) is 0 Å². The van der Waals surface area contributed by atoms with Crippen LogP contribution in [0.15, 0.2) is 36.4 Å². The summed E-state index contributed by atoms with van der Waals surface area (Å²) >= 11 is 0. The fraction of sp³-hybridized carbons (Fsp3) is 0.680. The molecule has 0 amide bonds. The molecule has 0 aliphatic carbocycles. The minimum absolute atomic E-state index is 0.0266. The molecule has 0 unspecified atom stereocenters. The van der Waals surface area contributed by atoms with Gasteiger partial charge in [-0.25, -0.2) is 0 Å². The van der Waals surface area contributed by atoms with Crippen LogP contribution in [0.25, 0.3) is 0 Å². The fourth-order valence-corrected chi connectivity index (χ4v) is 5.46. The van der Waals surface area contributed by atoms with Crippen molar-refractivity contribution in [2.75, 3.05) is 20.3 Å². The molecule has 3 saturated heterocycles. The minimum Gasteiger partial charge on any atom is -0.497 e. The Morgan fingerprint density at radius 2 is 1.94 bits per heavy atom. The van der Waals surface area contributed by atoms with Crippen molar-refractivity contribution in [1.29, 1.82) is 0 Å². The van der Waals surface area contributed by atoms with Crippen molar-refractivity contribution in [3.05, 3.63) is 42.0 Å². The van der Waals surface area contributed by atoms with Crippen LogP contribution < -0.4 is 4.74 Å². The summed E-state index contributed by atoms with van der Waals surface area (Å²) in [6, 6.07) is 7.88. The van der Waals surface area contributed by atoms with Crippen molar-refractivity contribution < 1.29 is 33.5 Å². The molecule has 176 valence electrons. The van der Waals surface area contributed by atoms with E-state index in [0.717, 1.165) is 30.6 Å². The number of aliphatic hydroxyl groups is 1. The molecule has 1 aromatic carbocycles. The highest BCUT2D eigenvalue weighted by atomic mass is 16.8. The zero-order valence-corrected chi connectivity index (χ0v) is 18.9. The molecule has 4 aliphatic rings. The number of methoxy groups -OCH3 is 1. The third-order valence-electron chi connectivity index (χ3n) is 7.24. The van der Waals surface area contributed by atoms with Gasteiger partial charge in [-0.1, -0.05) is 31.2 Å². The second-order valence-corrected chi connectivity index (χ2v) is 9.48. The van der Waals surface area contributed by atoms with Crippen LogP contribution in [0.4, 0.5) is 0 Å². The summed E-state index contributed by atoms with van der Waals surface area (Å²) in [5, 5.41) is 9.47. The Morgan fingerprint density at radius 1 is 1.09 bits per heavy atom. The molecular formula is C25H34O7. The van der Waals surface area contributed by atoms with Crippen molar-refractivity contribution in [2.24, 2.45) is 5.92 Å². The lowest BCUT2D eigenvalue weighted by Gasteiger charge is -2.46. The van der Waals surface area contributed by atoms with Gasteiger partial charge >= 0.3 is 0 Å². The molecule has 7 heteroatoms. The first-order valence-electron chi connectivity index (χ1n) is 11.7. The van der Waals surface area contributed by atoms with Gasteiger partial charge in [-0.05, 0) is 24.1 Å². The van der Waals surface area contributed by atoms with E-state index in [9.17, 15) is 5.11 Å². The van der Waals surface area contributed by atoms with Gasteiger partial charge in [-0.15, -0.1) is 0 Å².